The molecule has 7 heteroatoms. The Labute approximate surface area is 137 Å². The third-order valence-corrected chi connectivity index (χ3v) is 3.67. The Morgan fingerprint density at radius 2 is 1.92 bits per heavy atom. The number of benzene rings is 2. The third kappa shape index (κ3) is 3.03. The van der Waals surface area contributed by atoms with Gasteiger partial charge in [-0.2, -0.15) is 0 Å². The average Bonchev–Trinajstić information content (AvgIpc) is 3.00. The fourth-order valence-electron chi connectivity index (χ4n) is 2.49. The van der Waals surface area contributed by atoms with Crippen molar-refractivity contribution in [3.05, 3.63) is 69.9 Å². The molecule has 7 nitrogen and oxygen atoms in total. The second-order valence-corrected chi connectivity index (χ2v) is 5.33. The number of aryl methyl sites for hydroxylation is 1. The molecule has 0 aliphatic heterocycles. The summed E-state index contributed by atoms with van der Waals surface area (Å²) in [6, 6.07) is 14.0. The van der Waals surface area contributed by atoms with Crippen LogP contribution in [0.4, 0.5) is 5.69 Å². The maximum atomic E-state index is 11.2. The van der Waals surface area contributed by atoms with E-state index in [0.29, 0.717) is 22.8 Å². The number of rotatable bonds is 5. The first-order valence-corrected chi connectivity index (χ1v) is 7.26. The van der Waals surface area contributed by atoms with Gasteiger partial charge in [0.15, 0.2) is 0 Å². The summed E-state index contributed by atoms with van der Waals surface area (Å²) in [5.74, 6) is 0.352. The number of nitrogens with zero attached hydrogens (tertiary/aromatic N) is 2. The molecule has 0 saturated carbocycles. The molecule has 1 heterocycles. The highest BCUT2D eigenvalue weighted by Crippen LogP contribution is 2.31. The van der Waals surface area contributed by atoms with Gasteiger partial charge in [-0.05, 0) is 13.0 Å². The van der Waals surface area contributed by atoms with Gasteiger partial charge in [0.05, 0.1) is 21.9 Å². The molecule has 0 radical (unpaired) electrons. The number of aromatic nitrogens is 2. The number of nitro groups is 1. The smallest absolute Gasteiger partial charge is 0.280 e. The SMILES string of the molecule is Cc1ccc(-c2nc(-c3ccccc3[N+](=O)[O-])[nH]c2COO)cc1. The minimum atomic E-state index is -0.453. The molecule has 0 aliphatic carbocycles. The predicted octanol–water partition coefficient (Wildman–Crippen LogP) is 3.95. The van der Waals surface area contributed by atoms with Crippen LogP contribution >= 0.6 is 0 Å². The number of H-pyrrole nitrogens is 1. The zero-order valence-corrected chi connectivity index (χ0v) is 12.9. The number of nitro benzene ring substituents is 1. The monoisotopic (exact) mass is 325 g/mol. The lowest BCUT2D eigenvalue weighted by molar-refractivity contribution is -0.384. The number of aromatic amines is 1. The average molecular weight is 325 g/mol. The van der Waals surface area contributed by atoms with Crippen LogP contribution in [0.25, 0.3) is 22.6 Å². The number of hydrogen-bond acceptors (Lipinski definition) is 5. The molecule has 3 rings (SSSR count). The fraction of sp³-hybridized carbons (Fsp3) is 0.118. The molecule has 1 aromatic heterocycles. The zero-order valence-electron chi connectivity index (χ0n) is 12.9. The zero-order chi connectivity index (χ0) is 17.1. The molecular formula is C17H15N3O4. The van der Waals surface area contributed by atoms with E-state index in [1.807, 2.05) is 31.2 Å². The summed E-state index contributed by atoms with van der Waals surface area (Å²) in [6.45, 7) is 1.88. The van der Waals surface area contributed by atoms with Gasteiger partial charge in [-0.3, -0.25) is 15.4 Å². The van der Waals surface area contributed by atoms with Crippen LogP contribution < -0.4 is 0 Å². The first kappa shape index (κ1) is 15.9. The Morgan fingerprint density at radius 3 is 2.58 bits per heavy atom. The van der Waals surface area contributed by atoms with E-state index in [-0.39, 0.29) is 12.3 Å². The van der Waals surface area contributed by atoms with Gasteiger partial charge in [-0.25, -0.2) is 9.87 Å². The van der Waals surface area contributed by atoms with Gasteiger partial charge in [0.25, 0.3) is 5.69 Å². The Kier molecular flexibility index (Phi) is 4.37. The Balaban J connectivity index is 2.13. The first-order chi connectivity index (χ1) is 11.6. The summed E-state index contributed by atoms with van der Waals surface area (Å²) in [7, 11) is 0. The molecule has 2 N–H and O–H groups in total. The third-order valence-electron chi connectivity index (χ3n) is 3.67. The summed E-state index contributed by atoms with van der Waals surface area (Å²) in [4.78, 5) is 22.5. The van der Waals surface area contributed by atoms with Crippen LogP contribution in [0.3, 0.4) is 0 Å². The van der Waals surface area contributed by atoms with E-state index >= 15 is 0 Å². The van der Waals surface area contributed by atoms with Crippen molar-refractivity contribution in [1.82, 2.24) is 9.97 Å². The Hall–Kier alpha value is -3.03. The Bertz CT molecular complexity index is 872. The van der Waals surface area contributed by atoms with Crippen LogP contribution in [-0.2, 0) is 11.5 Å². The van der Waals surface area contributed by atoms with E-state index in [2.05, 4.69) is 14.9 Å². The molecule has 24 heavy (non-hydrogen) atoms. The van der Waals surface area contributed by atoms with Crippen LogP contribution in [0.1, 0.15) is 11.3 Å². The number of hydrogen-bond donors (Lipinski definition) is 2. The first-order valence-electron chi connectivity index (χ1n) is 7.26. The van der Waals surface area contributed by atoms with Gasteiger partial charge in [0.2, 0.25) is 0 Å². The van der Waals surface area contributed by atoms with E-state index < -0.39 is 4.92 Å². The highest BCUT2D eigenvalue weighted by molar-refractivity contribution is 5.72. The predicted molar refractivity (Wildman–Crippen MR) is 88.3 cm³/mol. The quantitative estimate of drug-likeness (QED) is 0.420. The van der Waals surface area contributed by atoms with Gasteiger partial charge in [-0.15, -0.1) is 0 Å². The van der Waals surface area contributed by atoms with Gasteiger partial charge in [-0.1, -0.05) is 42.0 Å². The standard InChI is InChI=1S/C17H15N3O4/c1-11-6-8-12(9-7-11)16-14(10-24-23)18-17(19-16)13-4-2-3-5-15(13)20(21)22/h2-9,23H,10H2,1H3,(H,18,19). The van der Waals surface area contributed by atoms with Crippen LogP contribution in [0.2, 0.25) is 0 Å². The second kappa shape index (κ2) is 6.61. The van der Waals surface area contributed by atoms with Crippen molar-refractivity contribution in [3.63, 3.8) is 0 Å². The van der Waals surface area contributed by atoms with Crippen molar-refractivity contribution >= 4 is 5.69 Å². The topological polar surface area (TPSA) is 101 Å². The van der Waals surface area contributed by atoms with Crippen molar-refractivity contribution < 1.29 is 15.1 Å². The number of imidazole rings is 1. The van der Waals surface area contributed by atoms with Crippen molar-refractivity contribution in [3.8, 4) is 22.6 Å². The van der Waals surface area contributed by atoms with Crippen LogP contribution in [0.15, 0.2) is 48.5 Å². The molecule has 0 aliphatic rings. The van der Waals surface area contributed by atoms with Gasteiger partial charge < -0.3 is 4.98 Å². The molecule has 2 aromatic carbocycles. The van der Waals surface area contributed by atoms with Crippen molar-refractivity contribution in [2.75, 3.05) is 0 Å². The highest BCUT2D eigenvalue weighted by Gasteiger charge is 2.20. The lowest BCUT2D eigenvalue weighted by Crippen LogP contribution is -1.93. The van der Waals surface area contributed by atoms with Crippen LogP contribution in [-0.4, -0.2) is 20.1 Å². The molecule has 0 bridgehead atoms. The second-order valence-electron chi connectivity index (χ2n) is 5.33. The van der Waals surface area contributed by atoms with Crippen molar-refractivity contribution in [2.24, 2.45) is 0 Å². The lowest BCUT2D eigenvalue weighted by Gasteiger charge is -2.01. The van der Waals surface area contributed by atoms with Crippen LogP contribution in [0, 0.1) is 17.0 Å². The van der Waals surface area contributed by atoms with Gasteiger partial charge in [0, 0.05) is 11.6 Å². The molecule has 0 amide bonds. The summed E-state index contributed by atoms with van der Waals surface area (Å²) < 4.78 is 0. The summed E-state index contributed by atoms with van der Waals surface area (Å²) in [5.41, 5.74) is 3.38. The largest absolute Gasteiger partial charge is 0.339 e. The number of para-hydroxylation sites is 1. The molecule has 0 fully saturated rings. The summed E-state index contributed by atoms with van der Waals surface area (Å²) >= 11 is 0. The maximum Gasteiger partial charge on any atom is 0.280 e. The minimum Gasteiger partial charge on any atom is -0.339 e. The van der Waals surface area contributed by atoms with Crippen molar-refractivity contribution in [1.29, 1.82) is 0 Å². The van der Waals surface area contributed by atoms with E-state index in [1.165, 1.54) is 6.07 Å². The van der Waals surface area contributed by atoms with E-state index in [9.17, 15) is 10.1 Å². The lowest BCUT2D eigenvalue weighted by atomic mass is 10.1. The van der Waals surface area contributed by atoms with E-state index in [0.717, 1.165) is 11.1 Å². The Morgan fingerprint density at radius 1 is 1.21 bits per heavy atom. The minimum absolute atomic E-state index is 0.0434. The summed E-state index contributed by atoms with van der Waals surface area (Å²) in [5, 5.41) is 20.0. The maximum absolute atomic E-state index is 11.2. The molecular weight excluding hydrogens is 310 g/mol. The molecule has 122 valence electrons. The molecule has 3 aromatic rings. The molecule has 0 saturated heterocycles. The van der Waals surface area contributed by atoms with E-state index in [4.69, 9.17) is 5.26 Å². The molecule has 0 atom stereocenters. The fourth-order valence-corrected chi connectivity index (χ4v) is 2.49. The van der Waals surface area contributed by atoms with Crippen molar-refractivity contribution in [2.45, 2.75) is 13.5 Å². The van der Waals surface area contributed by atoms with Gasteiger partial charge >= 0.3 is 0 Å². The van der Waals surface area contributed by atoms with Crippen LogP contribution in [0.5, 0.6) is 0 Å². The summed E-state index contributed by atoms with van der Waals surface area (Å²) in [6.07, 6.45) is 0. The normalized spacial score (nSPS) is 10.8. The number of nitrogens with one attached hydrogen (secondary N) is 1. The molecule has 0 unspecified atom stereocenters. The molecule has 0 spiro atoms. The van der Waals surface area contributed by atoms with Gasteiger partial charge in [0.1, 0.15) is 12.4 Å². The van der Waals surface area contributed by atoms with E-state index in [1.54, 1.807) is 18.2 Å². The highest BCUT2D eigenvalue weighted by atomic mass is 17.1.